The first-order valence-corrected chi connectivity index (χ1v) is 8.38. The van der Waals surface area contributed by atoms with Crippen molar-refractivity contribution in [3.05, 3.63) is 35.9 Å². The van der Waals surface area contributed by atoms with Gasteiger partial charge in [-0.25, -0.2) is 0 Å². The van der Waals surface area contributed by atoms with Gasteiger partial charge >= 0.3 is 0 Å². The van der Waals surface area contributed by atoms with Crippen LogP contribution >= 0.6 is 0 Å². The molecular formula is C18H24N2O4. The topological polar surface area (TPSA) is 60.9 Å². The summed E-state index contributed by atoms with van der Waals surface area (Å²) in [5.74, 6) is 1.51. The lowest BCUT2D eigenvalue weighted by Gasteiger charge is -2.27. The van der Waals surface area contributed by atoms with Crippen LogP contribution in [0.25, 0.3) is 0 Å². The lowest BCUT2D eigenvalue weighted by atomic mass is 10.1. The van der Waals surface area contributed by atoms with Crippen LogP contribution in [-0.4, -0.2) is 54.8 Å². The summed E-state index contributed by atoms with van der Waals surface area (Å²) < 4.78 is 16.8. The first-order chi connectivity index (χ1) is 11.7. The van der Waals surface area contributed by atoms with Crippen molar-refractivity contribution in [1.82, 2.24) is 9.88 Å². The van der Waals surface area contributed by atoms with Gasteiger partial charge in [-0.1, -0.05) is 0 Å². The zero-order chi connectivity index (χ0) is 16.9. The van der Waals surface area contributed by atoms with Crippen LogP contribution in [0.3, 0.4) is 0 Å². The summed E-state index contributed by atoms with van der Waals surface area (Å²) >= 11 is 0. The predicted octanol–water partition coefficient (Wildman–Crippen LogP) is 2.16. The summed E-state index contributed by atoms with van der Waals surface area (Å²) in [7, 11) is 1.69. The number of ether oxygens (including phenoxy) is 3. The van der Waals surface area contributed by atoms with Gasteiger partial charge in [-0.05, 0) is 38.3 Å². The second-order valence-corrected chi connectivity index (χ2v) is 6.19. The van der Waals surface area contributed by atoms with Gasteiger partial charge in [0.2, 0.25) is 0 Å². The molecule has 3 rings (SSSR count). The van der Waals surface area contributed by atoms with Gasteiger partial charge in [0.1, 0.15) is 18.1 Å². The van der Waals surface area contributed by atoms with Crippen LogP contribution < -0.4 is 4.74 Å². The highest BCUT2D eigenvalue weighted by Crippen LogP contribution is 2.27. The maximum Gasteiger partial charge on any atom is 0.253 e. The average Bonchev–Trinajstić information content (AvgIpc) is 3.04. The number of carbonyl (C=O) groups is 1. The number of hydrogen-bond donors (Lipinski definition) is 0. The number of nitrogens with zero attached hydrogens (tertiary/aromatic N) is 2. The third kappa shape index (κ3) is 3.70. The molecule has 0 N–H and O–H groups in total. The maximum absolute atomic E-state index is 13.0. The summed E-state index contributed by atoms with van der Waals surface area (Å²) in [5, 5.41) is 0. The molecule has 3 heterocycles. The summed E-state index contributed by atoms with van der Waals surface area (Å²) in [4.78, 5) is 18.9. The molecule has 2 aliphatic rings. The third-order valence-corrected chi connectivity index (χ3v) is 4.62. The number of methoxy groups -OCH3 is 1. The molecule has 1 aromatic rings. The molecule has 0 unspecified atom stereocenters. The lowest BCUT2D eigenvalue weighted by molar-refractivity contribution is -0.129. The summed E-state index contributed by atoms with van der Waals surface area (Å²) in [5.41, 5.74) is 0.782. The molecule has 1 amide bonds. The van der Waals surface area contributed by atoms with E-state index >= 15 is 0 Å². The predicted molar refractivity (Wildman–Crippen MR) is 88.5 cm³/mol. The monoisotopic (exact) mass is 332 g/mol. The fourth-order valence-electron chi connectivity index (χ4n) is 3.24. The quantitative estimate of drug-likeness (QED) is 0.827. The molecule has 0 saturated carbocycles. The molecule has 2 aliphatic heterocycles. The molecule has 24 heavy (non-hydrogen) atoms. The van der Waals surface area contributed by atoms with Crippen LogP contribution in [0.4, 0.5) is 0 Å². The van der Waals surface area contributed by atoms with Crippen molar-refractivity contribution in [3.63, 3.8) is 0 Å². The van der Waals surface area contributed by atoms with Gasteiger partial charge in [-0.2, -0.15) is 0 Å². The minimum absolute atomic E-state index is 0.00937. The molecule has 0 aromatic carbocycles. The molecule has 0 spiro atoms. The number of hydrogen-bond acceptors (Lipinski definition) is 5. The summed E-state index contributed by atoms with van der Waals surface area (Å²) in [6.45, 7) is 3.59. The molecule has 6 heteroatoms. The Labute approximate surface area is 142 Å². The number of rotatable bonds is 5. The largest absolute Gasteiger partial charge is 0.498 e. The summed E-state index contributed by atoms with van der Waals surface area (Å²) in [6, 6.07) is 3.69. The van der Waals surface area contributed by atoms with Gasteiger partial charge in [0.25, 0.3) is 5.91 Å². The van der Waals surface area contributed by atoms with E-state index in [0.717, 1.165) is 30.6 Å². The number of amides is 1. The molecule has 0 aliphatic carbocycles. The second-order valence-electron chi connectivity index (χ2n) is 6.19. The fourth-order valence-corrected chi connectivity index (χ4v) is 3.24. The minimum Gasteiger partial charge on any atom is -0.498 e. The van der Waals surface area contributed by atoms with Crippen LogP contribution in [0.15, 0.2) is 35.9 Å². The van der Waals surface area contributed by atoms with E-state index in [0.29, 0.717) is 25.5 Å². The van der Waals surface area contributed by atoms with Crippen LogP contribution in [0, 0.1) is 0 Å². The fraction of sp³-hybridized carbons (Fsp3) is 0.556. The van der Waals surface area contributed by atoms with E-state index in [2.05, 4.69) is 4.98 Å². The van der Waals surface area contributed by atoms with Crippen molar-refractivity contribution in [2.24, 2.45) is 0 Å². The summed E-state index contributed by atoms with van der Waals surface area (Å²) in [6.07, 6.45) is 5.86. The second kappa shape index (κ2) is 7.66. The zero-order valence-corrected chi connectivity index (χ0v) is 14.2. The van der Waals surface area contributed by atoms with E-state index in [-0.39, 0.29) is 18.1 Å². The molecular weight excluding hydrogens is 308 g/mol. The number of aromatic nitrogens is 1. The van der Waals surface area contributed by atoms with Crippen LogP contribution in [0.5, 0.6) is 5.75 Å². The van der Waals surface area contributed by atoms with Crippen molar-refractivity contribution < 1.29 is 19.0 Å². The van der Waals surface area contributed by atoms with Gasteiger partial charge in [0.05, 0.1) is 30.5 Å². The molecule has 130 valence electrons. The van der Waals surface area contributed by atoms with E-state index in [9.17, 15) is 4.79 Å². The Morgan fingerprint density at radius 3 is 3.08 bits per heavy atom. The van der Waals surface area contributed by atoms with Gasteiger partial charge in [0.15, 0.2) is 0 Å². The zero-order valence-electron chi connectivity index (χ0n) is 14.2. The van der Waals surface area contributed by atoms with Crippen LogP contribution in [0.1, 0.15) is 26.2 Å². The molecule has 1 fully saturated rings. The maximum atomic E-state index is 13.0. The Kier molecular flexibility index (Phi) is 5.35. The highest BCUT2D eigenvalue weighted by molar-refractivity contribution is 5.94. The molecule has 1 saturated heterocycles. The van der Waals surface area contributed by atoms with Gasteiger partial charge < -0.3 is 19.1 Å². The van der Waals surface area contributed by atoms with Gasteiger partial charge in [0, 0.05) is 19.9 Å². The molecule has 0 bridgehead atoms. The van der Waals surface area contributed by atoms with Crippen molar-refractivity contribution in [2.45, 2.75) is 38.3 Å². The Morgan fingerprint density at radius 2 is 2.38 bits per heavy atom. The van der Waals surface area contributed by atoms with Crippen LogP contribution in [0.2, 0.25) is 0 Å². The van der Waals surface area contributed by atoms with E-state index in [1.165, 1.54) is 0 Å². The highest BCUT2D eigenvalue weighted by Gasteiger charge is 2.37. The molecule has 6 nitrogen and oxygen atoms in total. The smallest absolute Gasteiger partial charge is 0.253 e. The van der Waals surface area contributed by atoms with Gasteiger partial charge in [-0.3, -0.25) is 9.78 Å². The van der Waals surface area contributed by atoms with E-state index in [4.69, 9.17) is 14.2 Å². The number of pyridine rings is 1. The molecule has 0 radical (unpaired) electrons. The van der Waals surface area contributed by atoms with Crippen molar-refractivity contribution >= 4 is 5.91 Å². The van der Waals surface area contributed by atoms with E-state index in [1.807, 2.05) is 24.0 Å². The van der Waals surface area contributed by atoms with Crippen molar-refractivity contribution in [3.8, 4) is 5.75 Å². The van der Waals surface area contributed by atoms with Gasteiger partial charge in [-0.15, -0.1) is 0 Å². The number of allylic oxidation sites excluding steroid dienone is 1. The van der Waals surface area contributed by atoms with Crippen molar-refractivity contribution in [2.75, 3.05) is 26.9 Å². The minimum atomic E-state index is -0.00937. The first kappa shape index (κ1) is 16.8. The first-order valence-electron chi connectivity index (χ1n) is 8.38. The Bertz CT molecular complexity index is 602. The molecule has 2 atom stereocenters. The highest BCUT2D eigenvalue weighted by atomic mass is 16.5. The Morgan fingerprint density at radius 1 is 1.50 bits per heavy atom. The number of carbonyl (C=O) groups excluding carboxylic acids is 1. The number of likely N-dealkylation sites (tertiary alicyclic amines) is 1. The van der Waals surface area contributed by atoms with Crippen LogP contribution in [-0.2, 0) is 14.3 Å². The standard InChI is InChI=1S/C18H24N2O4/c1-13-17(6-4-8-23-13)18(21)20-11-16(22-2)9-14(20)12-24-15-5-3-7-19-10-15/h3,5,7,10,14,16H,4,6,8-9,11-12H2,1-2H3/t14-,16+/m0/s1. The third-order valence-electron chi connectivity index (χ3n) is 4.62. The molecule has 1 aromatic heterocycles. The Balaban J connectivity index is 1.70. The Hall–Kier alpha value is -2.08. The van der Waals surface area contributed by atoms with E-state index < -0.39 is 0 Å². The lowest BCUT2D eigenvalue weighted by Crippen LogP contribution is -2.40. The van der Waals surface area contributed by atoms with Crippen molar-refractivity contribution in [1.29, 1.82) is 0 Å². The SMILES string of the molecule is CO[C@@H]1C[C@@H](COc2cccnc2)N(C(=O)C2=C(C)OCCC2)C1. The normalized spacial score (nSPS) is 24.0. The average molecular weight is 332 g/mol. The van der Waals surface area contributed by atoms with E-state index in [1.54, 1.807) is 19.5 Å².